The minimum atomic E-state index is -4.35. The van der Waals surface area contributed by atoms with Crippen LogP contribution in [0.25, 0.3) is 22.3 Å². The molecule has 0 saturated carbocycles. The number of fused-ring (bicyclic) bond motifs is 1. The summed E-state index contributed by atoms with van der Waals surface area (Å²) in [7, 11) is 0. The van der Waals surface area contributed by atoms with E-state index in [9.17, 15) is 13.2 Å². The highest BCUT2D eigenvalue weighted by Crippen LogP contribution is 2.30. The maximum absolute atomic E-state index is 13.0. The average Bonchev–Trinajstić information content (AvgIpc) is 3.19. The van der Waals surface area contributed by atoms with Crippen molar-refractivity contribution in [2.24, 2.45) is 0 Å². The van der Waals surface area contributed by atoms with Gasteiger partial charge in [0, 0.05) is 23.2 Å². The lowest BCUT2D eigenvalue weighted by Crippen LogP contribution is -2.13. The van der Waals surface area contributed by atoms with E-state index in [1.54, 1.807) is 6.07 Å². The van der Waals surface area contributed by atoms with Crippen LogP contribution in [0.5, 0.6) is 0 Å². The maximum atomic E-state index is 13.0. The van der Waals surface area contributed by atoms with E-state index >= 15 is 0 Å². The number of alkyl halides is 3. The molecular formula is C24H20F3N3. The van der Waals surface area contributed by atoms with Crippen LogP contribution in [0.1, 0.15) is 23.6 Å². The molecule has 0 atom stereocenters. The van der Waals surface area contributed by atoms with Crippen molar-refractivity contribution in [2.45, 2.75) is 19.6 Å². The van der Waals surface area contributed by atoms with E-state index in [1.165, 1.54) is 12.1 Å². The number of nitrogens with zero attached hydrogens (tertiary/aromatic N) is 2. The van der Waals surface area contributed by atoms with Gasteiger partial charge in [0.15, 0.2) is 0 Å². The number of hydrogen-bond acceptors (Lipinski definition) is 2. The lowest BCUT2D eigenvalue weighted by molar-refractivity contribution is -0.137. The van der Waals surface area contributed by atoms with E-state index < -0.39 is 11.7 Å². The third-order valence-corrected chi connectivity index (χ3v) is 4.93. The topological polar surface area (TPSA) is 29.9 Å². The Bertz CT molecular complexity index is 1190. The average molecular weight is 407 g/mol. The molecule has 0 radical (unpaired) electrons. The number of nitrogens with one attached hydrogen (secondary N) is 1. The molecule has 0 unspecified atom stereocenters. The van der Waals surface area contributed by atoms with Crippen molar-refractivity contribution in [3.8, 4) is 5.69 Å². The number of rotatable bonds is 5. The van der Waals surface area contributed by atoms with Gasteiger partial charge < -0.3 is 5.32 Å². The molecule has 1 aromatic heterocycles. The van der Waals surface area contributed by atoms with Crippen LogP contribution in [0, 0.1) is 0 Å². The molecule has 3 nitrogen and oxygen atoms in total. The van der Waals surface area contributed by atoms with E-state index in [-0.39, 0.29) is 6.54 Å². The van der Waals surface area contributed by atoms with Crippen LogP contribution in [0.4, 0.5) is 13.2 Å². The van der Waals surface area contributed by atoms with Gasteiger partial charge in [-0.3, -0.25) is 0 Å². The zero-order chi connectivity index (χ0) is 21.1. The molecule has 0 saturated heterocycles. The van der Waals surface area contributed by atoms with Crippen molar-refractivity contribution in [3.05, 3.63) is 102 Å². The Morgan fingerprint density at radius 2 is 1.77 bits per heavy atom. The van der Waals surface area contributed by atoms with Crippen LogP contribution in [0.15, 0.2) is 85.1 Å². The molecule has 1 N–H and O–H groups in total. The second kappa shape index (κ2) is 8.06. The highest BCUT2D eigenvalue weighted by atomic mass is 19.4. The Morgan fingerprint density at radius 3 is 2.50 bits per heavy atom. The van der Waals surface area contributed by atoms with Crippen LogP contribution in [0.3, 0.4) is 0 Å². The molecule has 152 valence electrons. The smallest absolute Gasteiger partial charge is 0.381 e. The van der Waals surface area contributed by atoms with Crippen LogP contribution in [-0.4, -0.2) is 9.78 Å². The number of halogens is 3. The third kappa shape index (κ3) is 3.94. The number of para-hydroxylation sites is 1. The summed E-state index contributed by atoms with van der Waals surface area (Å²) in [5, 5.41) is 8.78. The first-order valence-electron chi connectivity index (χ1n) is 9.56. The van der Waals surface area contributed by atoms with E-state index in [1.807, 2.05) is 72.4 Å². The van der Waals surface area contributed by atoms with Gasteiger partial charge in [-0.2, -0.15) is 18.3 Å². The Morgan fingerprint density at radius 1 is 1.00 bits per heavy atom. The molecule has 0 aliphatic heterocycles. The minimum Gasteiger partial charge on any atom is -0.381 e. The predicted octanol–water partition coefficient (Wildman–Crippen LogP) is 6.19. The van der Waals surface area contributed by atoms with Crippen molar-refractivity contribution >= 4 is 16.6 Å². The van der Waals surface area contributed by atoms with Crippen LogP contribution in [0.2, 0.25) is 0 Å². The molecular weight excluding hydrogens is 387 g/mol. The SMILES string of the molecule is C/C=C(\NCc1cccc(C(F)(F)F)c1)c1cccc2c1cnn2-c1ccccc1. The van der Waals surface area contributed by atoms with Crippen molar-refractivity contribution in [2.75, 3.05) is 0 Å². The summed E-state index contributed by atoms with van der Waals surface area (Å²) in [6.07, 6.45) is -0.619. The van der Waals surface area contributed by atoms with E-state index in [0.29, 0.717) is 5.56 Å². The Balaban J connectivity index is 1.62. The van der Waals surface area contributed by atoms with Crippen molar-refractivity contribution < 1.29 is 13.2 Å². The second-order valence-electron chi connectivity index (χ2n) is 6.88. The molecule has 0 bridgehead atoms. The highest BCUT2D eigenvalue weighted by molar-refractivity contribution is 5.92. The van der Waals surface area contributed by atoms with Gasteiger partial charge >= 0.3 is 6.18 Å². The lowest BCUT2D eigenvalue weighted by atomic mass is 10.1. The molecule has 4 aromatic rings. The van der Waals surface area contributed by atoms with Gasteiger partial charge in [-0.1, -0.05) is 48.5 Å². The molecule has 4 rings (SSSR count). The van der Waals surface area contributed by atoms with Gasteiger partial charge in [0.1, 0.15) is 0 Å². The summed E-state index contributed by atoms with van der Waals surface area (Å²) in [6.45, 7) is 2.18. The Hall–Kier alpha value is -3.54. The summed E-state index contributed by atoms with van der Waals surface area (Å²) in [5.74, 6) is 0. The van der Waals surface area contributed by atoms with E-state index in [0.717, 1.165) is 33.9 Å². The van der Waals surface area contributed by atoms with Crippen molar-refractivity contribution in [1.29, 1.82) is 0 Å². The first-order valence-corrected chi connectivity index (χ1v) is 9.56. The monoisotopic (exact) mass is 407 g/mol. The number of aromatic nitrogens is 2. The summed E-state index contributed by atoms with van der Waals surface area (Å²) >= 11 is 0. The minimum absolute atomic E-state index is 0.285. The molecule has 0 amide bonds. The molecule has 30 heavy (non-hydrogen) atoms. The largest absolute Gasteiger partial charge is 0.416 e. The molecule has 0 aliphatic rings. The second-order valence-corrected chi connectivity index (χ2v) is 6.88. The van der Waals surface area contributed by atoms with Crippen LogP contribution < -0.4 is 5.32 Å². The zero-order valence-corrected chi connectivity index (χ0v) is 16.3. The van der Waals surface area contributed by atoms with Gasteiger partial charge in [0.05, 0.1) is 23.0 Å². The van der Waals surface area contributed by atoms with Crippen molar-refractivity contribution in [1.82, 2.24) is 15.1 Å². The number of hydrogen-bond donors (Lipinski definition) is 1. The summed E-state index contributed by atoms with van der Waals surface area (Å²) in [5.41, 5.74) is 3.63. The molecule has 3 aromatic carbocycles. The van der Waals surface area contributed by atoms with Crippen LogP contribution >= 0.6 is 0 Å². The van der Waals surface area contributed by atoms with Gasteiger partial charge in [-0.15, -0.1) is 0 Å². The fourth-order valence-corrected chi connectivity index (χ4v) is 3.47. The number of benzene rings is 3. The Labute approximate surface area is 172 Å². The molecule has 0 spiro atoms. The summed E-state index contributed by atoms with van der Waals surface area (Å²) in [6, 6.07) is 21.2. The third-order valence-electron chi connectivity index (χ3n) is 4.93. The van der Waals surface area contributed by atoms with Gasteiger partial charge in [-0.05, 0) is 42.8 Å². The fraction of sp³-hybridized carbons (Fsp3) is 0.125. The first-order chi connectivity index (χ1) is 14.5. The van der Waals surface area contributed by atoms with Gasteiger partial charge in [0.25, 0.3) is 0 Å². The summed E-state index contributed by atoms with van der Waals surface area (Å²) < 4.78 is 40.8. The highest BCUT2D eigenvalue weighted by Gasteiger charge is 2.30. The fourth-order valence-electron chi connectivity index (χ4n) is 3.47. The van der Waals surface area contributed by atoms with Gasteiger partial charge in [-0.25, -0.2) is 4.68 Å². The normalized spacial score (nSPS) is 12.3. The standard InChI is InChI=1S/C24H20F3N3/c1-2-22(28-15-17-8-6-9-18(14-17)24(25,26)27)20-12-7-13-23-21(20)16-29-30(23)19-10-4-3-5-11-19/h2-14,16,28H,15H2,1H3/b22-2-. The zero-order valence-electron chi connectivity index (χ0n) is 16.3. The molecule has 1 heterocycles. The predicted molar refractivity (Wildman–Crippen MR) is 113 cm³/mol. The van der Waals surface area contributed by atoms with Gasteiger partial charge in [0.2, 0.25) is 0 Å². The van der Waals surface area contributed by atoms with E-state index in [2.05, 4.69) is 10.4 Å². The molecule has 0 fully saturated rings. The summed E-state index contributed by atoms with van der Waals surface area (Å²) in [4.78, 5) is 0. The quantitative estimate of drug-likeness (QED) is 0.427. The van der Waals surface area contributed by atoms with Crippen LogP contribution in [-0.2, 0) is 12.7 Å². The molecule has 0 aliphatic carbocycles. The Kier molecular flexibility index (Phi) is 5.31. The maximum Gasteiger partial charge on any atom is 0.416 e. The first kappa shape index (κ1) is 19.8. The van der Waals surface area contributed by atoms with E-state index in [4.69, 9.17) is 0 Å². The number of allylic oxidation sites excluding steroid dienone is 1. The lowest BCUT2D eigenvalue weighted by Gasteiger charge is -2.14. The van der Waals surface area contributed by atoms with Crippen molar-refractivity contribution in [3.63, 3.8) is 0 Å². The molecule has 6 heteroatoms.